The Balaban J connectivity index is 1.57. The minimum absolute atomic E-state index is 0.267. The molecule has 6 nitrogen and oxygen atoms in total. The molecule has 0 amide bonds. The molecule has 0 spiro atoms. The number of aromatic nitrogens is 2. The smallest absolute Gasteiger partial charge is 0.336 e. The number of para-hydroxylation sites is 1. The van der Waals surface area contributed by atoms with Gasteiger partial charge in [0.05, 0.1) is 21.6 Å². The van der Waals surface area contributed by atoms with Gasteiger partial charge in [-0.3, -0.25) is 4.79 Å². The van der Waals surface area contributed by atoms with E-state index < -0.39 is 5.97 Å². The van der Waals surface area contributed by atoms with Crippen LogP contribution in [0.2, 0.25) is 0 Å². The van der Waals surface area contributed by atoms with Crippen LogP contribution in [0.5, 0.6) is 5.75 Å². The van der Waals surface area contributed by atoms with Gasteiger partial charge < -0.3 is 4.74 Å². The lowest BCUT2D eigenvalue weighted by Gasteiger charge is -2.11. The van der Waals surface area contributed by atoms with Crippen LogP contribution in [0.15, 0.2) is 116 Å². The van der Waals surface area contributed by atoms with E-state index in [-0.39, 0.29) is 11.3 Å². The second-order valence-electron chi connectivity index (χ2n) is 8.65. The van der Waals surface area contributed by atoms with Crippen molar-refractivity contribution >= 4 is 61.0 Å². The molecule has 1 heterocycles. The van der Waals surface area contributed by atoms with E-state index in [1.54, 1.807) is 36.4 Å². The van der Waals surface area contributed by atoms with Gasteiger partial charge >= 0.3 is 5.97 Å². The maximum atomic E-state index is 13.5. The number of carbonyl (C=O) groups excluding carboxylic acids is 1. The third-order valence-electron chi connectivity index (χ3n) is 5.79. The zero-order chi connectivity index (χ0) is 27.4. The number of ether oxygens (including phenoxy) is 1. The van der Waals surface area contributed by atoms with Gasteiger partial charge in [-0.05, 0) is 64.8 Å². The van der Waals surface area contributed by atoms with E-state index >= 15 is 0 Å². The summed E-state index contributed by atoms with van der Waals surface area (Å²) in [7, 11) is 0. The Morgan fingerprint density at radius 2 is 1.72 bits per heavy atom. The molecule has 5 aromatic rings. The van der Waals surface area contributed by atoms with Crippen LogP contribution in [0, 0.1) is 6.92 Å². The third kappa shape index (κ3) is 6.13. The summed E-state index contributed by atoms with van der Waals surface area (Å²) in [5, 5.41) is 4.99. The summed E-state index contributed by atoms with van der Waals surface area (Å²) in [6.07, 6.45) is 4.52. The van der Waals surface area contributed by atoms with Gasteiger partial charge in [0.2, 0.25) is 0 Å². The predicted octanol–water partition coefficient (Wildman–Crippen LogP) is 7.40. The van der Waals surface area contributed by atoms with E-state index in [4.69, 9.17) is 9.72 Å². The summed E-state index contributed by atoms with van der Waals surface area (Å²) in [6, 6.07) is 27.8. The molecule has 8 heteroatoms. The number of benzene rings is 4. The van der Waals surface area contributed by atoms with Crippen molar-refractivity contribution < 1.29 is 9.53 Å². The molecule has 192 valence electrons. The first-order valence-electron chi connectivity index (χ1n) is 12.0. The highest BCUT2D eigenvalue weighted by atomic mass is 79.9. The number of fused-ring (bicyclic) bond motifs is 1. The molecule has 0 radical (unpaired) electrons. The molecule has 0 atom stereocenters. The third-order valence-corrected chi connectivity index (χ3v) is 6.84. The Hall–Kier alpha value is -4.14. The van der Waals surface area contributed by atoms with Gasteiger partial charge in [0.15, 0.2) is 11.6 Å². The monoisotopic (exact) mass is 641 g/mol. The standard InChI is InChI=1S/C31H21Br2N3O3/c1-20-8-7-11-22(16-20)30-35-27-13-6-5-12-25(27)31(38)36(30)34-19-23-17-24(32)18-26(33)29(23)39-28(37)15-14-21-9-3-2-4-10-21/h2-19H,1H3/b15-14+,34-19?. The minimum atomic E-state index is -0.554. The Morgan fingerprint density at radius 3 is 2.51 bits per heavy atom. The van der Waals surface area contributed by atoms with Crippen molar-refractivity contribution in [2.45, 2.75) is 6.92 Å². The summed E-state index contributed by atoms with van der Waals surface area (Å²) >= 11 is 6.96. The van der Waals surface area contributed by atoms with Crippen molar-refractivity contribution in [3.63, 3.8) is 0 Å². The quantitative estimate of drug-likeness (QED) is 0.0837. The molecule has 39 heavy (non-hydrogen) atoms. The van der Waals surface area contributed by atoms with E-state index in [0.717, 1.165) is 21.2 Å². The van der Waals surface area contributed by atoms with Crippen molar-refractivity contribution in [1.29, 1.82) is 0 Å². The van der Waals surface area contributed by atoms with E-state index in [9.17, 15) is 9.59 Å². The average molecular weight is 643 g/mol. The molecule has 0 aliphatic rings. The number of hydrogen-bond acceptors (Lipinski definition) is 5. The zero-order valence-electron chi connectivity index (χ0n) is 20.7. The van der Waals surface area contributed by atoms with Crippen LogP contribution in [0.1, 0.15) is 16.7 Å². The fraction of sp³-hybridized carbons (Fsp3) is 0.0323. The van der Waals surface area contributed by atoms with Crippen molar-refractivity contribution in [3.8, 4) is 17.1 Å². The molecule has 0 N–H and O–H groups in total. The molecule has 0 fully saturated rings. The molecule has 0 aliphatic heterocycles. The van der Waals surface area contributed by atoms with Gasteiger partial charge in [-0.1, -0.05) is 82.2 Å². The highest BCUT2D eigenvalue weighted by molar-refractivity contribution is 9.11. The Morgan fingerprint density at radius 1 is 0.949 bits per heavy atom. The summed E-state index contributed by atoms with van der Waals surface area (Å²) in [5.74, 6) is 0.113. The molecule has 0 saturated carbocycles. The van der Waals surface area contributed by atoms with Crippen LogP contribution in [-0.2, 0) is 4.79 Å². The molecule has 5 rings (SSSR count). The molecule has 4 aromatic carbocycles. The van der Waals surface area contributed by atoms with Crippen LogP contribution in [-0.4, -0.2) is 21.8 Å². The van der Waals surface area contributed by atoms with Crippen LogP contribution >= 0.6 is 31.9 Å². The lowest BCUT2D eigenvalue weighted by atomic mass is 10.1. The van der Waals surface area contributed by atoms with Crippen LogP contribution in [0.3, 0.4) is 0 Å². The van der Waals surface area contributed by atoms with Gasteiger partial charge in [0.1, 0.15) is 0 Å². The van der Waals surface area contributed by atoms with E-state index in [1.165, 1.54) is 17.0 Å². The SMILES string of the molecule is Cc1cccc(-c2nc3ccccc3c(=O)n2N=Cc2cc(Br)cc(Br)c2OC(=O)/C=C/c2ccccc2)c1. The second-order valence-corrected chi connectivity index (χ2v) is 10.4. The highest BCUT2D eigenvalue weighted by Crippen LogP contribution is 2.32. The van der Waals surface area contributed by atoms with E-state index in [1.807, 2.05) is 67.6 Å². The summed E-state index contributed by atoms with van der Waals surface area (Å²) in [6.45, 7) is 1.97. The fourth-order valence-electron chi connectivity index (χ4n) is 3.97. The van der Waals surface area contributed by atoms with Crippen molar-refractivity contribution in [2.24, 2.45) is 5.10 Å². The molecular weight excluding hydrogens is 622 g/mol. The fourth-order valence-corrected chi connectivity index (χ4v) is 5.31. The van der Waals surface area contributed by atoms with Crippen LogP contribution in [0.4, 0.5) is 0 Å². The molecule has 0 unspecified atom stereocenters. The average Bonchev–Trinajstić information content (AvgIpc) is 2.93. The van der Waals surface area contributed by atoms with Crippen molar-refractivity contribution in [2.75, 3.05) is 0 Å². The molecule has 0 saturated heterocycles. The number of rotatable bonds is 6. The zero-order valence-corrected chi connectivity index (χ0v) is 23.9. The van der Waals surface area contributed by atoms with Gasteiger partial charge in [-0.25, -0.2) is 9.78 Å². The van der Waals surface area contributed by atoms with Crippen LogP contribution in [0.25, 0.3) is 28.4 Å². The Bertz CT molecular complexity index is 1810. The number of halogens is 2. The van der Waals surface area contributed by atoms with Gasteiger partial charge in [0, 0.05) is 21.7 Å². The van der Waals surface area contributed by atoms with Gasteiger partial charge in [0.25, 0.3) is 5.56 Å². The number of esters is 1. The maximum absolute atomic E-state index is 13.5. The number of nitrogens with zero attached hydrogens (tertiary/aromatic N) is 3. The number of aryl methyl sites for hydroxylation is 1. The Kier molecular flexibility index (Phi) is 7.95. The van der Waals surface area contributed by atoms with E-state index in [0.29, 0.717) is 26.8 Å². The molecule has 1 aromatic heterocycles. The summed E-state index contributed by atoms with van der Waals surface area (Å²) < 4.78 is 8.23. The first kappa shape index (κ1) is 26.5. The largest absolute Gasteiger partial charge is 0.421 e. The van der Waals surface area contributed by atoms with E-state index in [2.05, 4.69) is 37.0 Å². The normalized spacial score (nSPS) is 11.5. The Labute approximate surface area is 241 Å². The van der Waals surface area contributed by atoms with Gasteiger partial charge in [-0.2, -0.15) is 9.78 Å². The summed E-state index contributed by atoms with van der Waals surface area (Å²) in [5.41, 5.74) is 3.40. The molecular formula is C31H21Br2N3O3. The lowest BCUT2D eigenvalue weighted by Crippen LogP contribution is -2.20. The van der Waals surface area contributed by atoms with Crippen molar-refractivity contribution in [1.82, 2.24) is 9.66 Å². The first-order valence-corrected chi connectivity index (χ1v) is 13.5. The topological polar surface area (TPSA) is 73.6 Å². The molecule has 0 bridgehead atoms. The minimum Gasteiger partial charge on any atom is -0.421 e. The predicted molar refractivity (Wildman–Crippen MR) is 162 cm³/mol. The maximum Gasteiger partial charge on any atom is 0.336 e. The van der Waals surface area contributed by atoms with Crippen LogP contribution < -0.4 is 10.3 Å². The first-order chi connectivity index (χ1) is 18.9. The number of hydrogen-bond donors (Lipinski definition) is 0. The summed E-state index contributed by atoms with van der Waals surface area (Å²) in [4.78, 5) is 31.0. The van der Waals surface area contributed by atoms with Gasteiger partial charge in [-0.15, -0.1) is 0 Å². The lowest BCUT2D eigenvalue weighted by molar-refractivity contribution is -0.128. The number of carbonyl (C=O) groups is 1. The van der Waals surface area contributed by atoms with Crippen molar-refractivity contribution in [3.05, 3.63) is 133 Å². The molecule has 0 aliphatic carbocycles. The second kappa shape index (κ2) is 11.7. The highest BCUT2D eigenvalue weighted by Gasteiger charge is 2.15.